The summed E-state index contributed by atoms with van der Waals surface area (Å²) in [5, 5.41) is 10.6. The number of benzene rings is 1. The second-order valence-electron chi connectivity index (χ2n) is 5.70. The van der Waals surface area contributed by atoms with E-state index >= 15 is 0 Å². The summed E-state index contributed by atoms with van der Waals surface area (Å²) >= 11 is 0. The van der Waals surface area contributed by atoms with Crippen LogP contribution in [0.4, 0.5) is 5.69 Å². The van der Waals surface area contributed by atoms with E-state index in [-0.39, 0.29) is 6.61 Å². The summed E-state index contributed by atoms with van der Waals surface area (Å²) < 4.78 is 0. The molecule has 1 N–H and O–H groups in total. The number of hydrogen-bond donors (Lipinski definition) is 1. The number of aromatic nitrogens is 1. The summed E-state index contributed by atoms with van der Waals surface area (Å²) in [6.45, 7) is 4.51. The van der Waals surface area contributed by atoms with Gasteiger partial charge in [0.15, 0.2) is 0 Å². The van der Waals surface area contributed by atoms with E-state index in [1.165, 1.54) is 30.3 Å². The van der Waals surface area contributed by atoms with E-state index in [4.69, 9.17) is 0 Å². The quantitative estimate of drug-likeness (QED) is 0.925. The van der Waals surface area contributed by atoms with Gasteiger partial charge in [-0.25, -0.2) is 0 Å². The Labute approximate surface area is 120 Å². The average Bonchev–Trinajstić information content (AvgIpc) is 2.95. The maximum Gasteiger partial charge on any atom is 0.0854 e. The van der Waals surface area contributed by atoms with Crippen LogP contribution in [0.25, 0.3) is 10.9 Å². The zero-order valence-corrected chi connectivity index (χ0v) is 12.0. The molecule has 1 unspecified atom stereocenters. The molecule has 106 valence electrons. The fourth-order valence-electron chi connectivity index (χ4n) is 3.25. The van der Waals surface area contributed by atoms with E-state index in [1.807, 2.05) is 12.1 Å². The molecule has 1 aliphatic heterocycles. The average molecular weight is 270 g/mol. The molecular weight excluding hydrogens is 248 g/mol. The van der Waals surface area contributed by atoms with Crippen molar-refractivity contribution in [2.45, 2.75) is 32.8 Å². The minimum atomic E-state index is 0.00403. The van der Waals surface area contributed by atoms with Crippen molar-refractivity contribution in [3.63, 3.8) is 0 Å². The summed E-state index contributed by atoms with van der Waals surface area (Å²) in [5.74, 6) is 0.810. The van der Waals surface area contributed by atoms with Crippen molar-refractivity contribution in [1.82, 2.24) is 4.98 Å². The number of para-hydroxylation sites is 1. The van der Waals surface area contributed by atoms with Crippen molar-refractivity contribution in [2.75, 3.05) is 18.0 Å². The molecule has 1 saturated heterocycles. The van der Waals surface area contributed by atoms with Crippen LogP contribution in [0.1, 0.15) is 31.9 Å². The van der Waals surface area contributed by atoms with Crippen molar-refractivity contribution in [3.8, 4) is 0 Å². The molecule has 0 aliphatic carbocycles. The van der Waals surface area contributed by atoms with Crippen LogP contribution < -0.4 is 4.90 Å². The predicted molar refractivity (Wildman–Crippen MR) is 82.9 cm³/mol. The number of aliphatic hydroxyl groups is 1. The van der Waals surface area contributed by atoms with Crippen molar-refractivity contribution in [3.05, 3.63) is 36.0 Å². The molecule has 1 fully saturated rings. The lowest BCUT2D eigenvalue weighted by atomic mass is 10.0. The molecule has 1 aromatic heterocycles. The first-order valence-electron chi connectivity index (χ1n) is 7.56. The van der Waals surface area contributed by atoms with E-state index in [0.29, 0.717) is 0 Å². The van der Waals surface area contributed by atoms with Gasteiger partial charge in [0.25, 0.3) is 0 Å². The third-order valence-electron chi connectivity index (χ3n) is 4.23. The van der Waals surface area contributed by atoms with Crippen LogP contribution in [0.5, 0.6) is 0 Å². The lowest BCUT2D eigenvalue weighted by Gasteiger charge is -2.21. The molecule has 0 saturated carbocycles. The minimum absolute atomic E-state index is 0.00403. The van der Waals surface area contributed by atoms with E-state index in [9.17, 15) is 5.11 Å². The first-order valence-corrected chi connectivity index (χ1v) is 7.56. The number of nitrogens with zero attached hydrogens (tertiary/aromatic N) is 2. The number of hydrogen-bond acceptors (Lipinski definition) is 3. The Hall–Kier alpha value is -1.61. The van der Waals surface area contributed by atoms with Gasteiger partial charge in [0.05, 0.1) is 17.8 Å². The first kappa shape index (κ1) is 13.4. The maximum atomic E-state index is 9.42. The van der Waals surface area contributed by atoms with E-state index in [0.717, 1.165) is 30.2 Å². The smallest absolute Gasteiger partial charge is 0.0854 e. The van der Waals surface area contributed by atoms with Gasteiger partial charge in [0, 0.05) is 24.2 Å². The maximum absolute atomic E-state index is 9.42. The SMILES string of the molecule is CCCC1CCN(c2cc(CO)nc3ccccc23)C1. The van der Waals surface area contributed by atoms with Gasteiger partial charge in [-0.1, -0.05) is 31.5 Å². The molecule has 1 atom stereocenters. The van der Waals surface area contributed by atoms with Gasteiger partial charge in [0.1, 0.15) is 0 Å². The van der Waals surface area contributed by atoms with E-state index < -0.39 is 0 Å². The largest absolute Gasteiger partial charge is 0.390 e. The Morgan fingerprint density at radius 2 is 2.20 bits per heavy atom. The first-order chi connectivity index (χ1) is 9.81. The van der Waals surface area contributed by atoms with E-state index in [1.54, 1.807) is 0 Å². The number of aliphatic hydroxyl groups excluding tert-OH is 1. The molecule has 0 radical (unpaired) electrons. The Bertz CT molecular complexity index is 597. The highest BCUT2D eigenvalue weighted by Gasteiger charge is 2.23. The van der Waals surface area contributed by atoms with Crippen LogP contribution >= 0.6 is 0 Å². The van der Waals surface area contributed by atoms with Crippen molar-refractivity contribution >= 4 is 16.6 Å². The topological polar surface area (TPSA) is 36.4 Å². The zero-order valence-electron chi connectivity index (χ0n) is 12.0. The van der Waals surface area contributed by atoms with Crippen LogP contribution in [-0.2, 0) is 6.61 Å². The van der Waals surface area contributed by atoms with Gasteiger partial charge < -0.3 is 10.0 Å². The summed E-state index contributed by atoms with van der Waals surface area (Å²) in [6.07, 6.45) is 3.85. The molecule has 3 heteroatoms. The summed E-state index contributed by atoms with van der Waals surface area (Å²) in [6, 6.07) is 10.3. The molecule has 20 heavy (non-hydrogen) atoms. The monoisotopic (exact) mass is 270 g/mol. The number of fused-ring (bicyclic) bond motifs is 1. The molecule has 3 rings (SSSR count). The lowest BCUT2D eigenvalue weighted by Crippen LogP contribution is -2.20. The highest BCUT2D eigenvalue weighted by atomic mass is 16.3. The van der Waals surface area contributed by atoms with Gasteiger partial charge in [-0.3, -0.25) is 4.98 Å². The number of anilines is 1. The molecular formula is C17H22N2O. The van der Waals surface area contributed by atoms with Crippen LogP contribution in [-0.4, -0.2) is 23.2 Å². The van der Waals surface area contributed by atoms with Crippen LogP contribution in [0.15, 0.2) is 30.3 Å². The Kier molecular flexibility index (Phi) is 3.88. The molecule has 1 aliphatic rings. The van der Waals surface area contributed by atoms with Crippen molar-refractivity contribution < 1.29 is 5.11 Å². The molecule has 2 aromatic rings. The van der Waals surface area contributed by atoms with Gasteiger partial charge in [-0.2, -0.15) is 0 Å². The second-order valence-corrected chi connectivity index (χ2v) is 5.70. The molecule has 0 spiro atoms. The minimum Gasteiger partial charge on any atom is -0.390 e. The van der Waals surface area contributed by atoms with Gasteiger partial charge in [-0.05, 0) is 30.9 Å². The molecule has 3 nitrogen and oxygen atoms in total. The highest BCUT2D eigenvalue weighted by molar-refractivity contribution is 5.92. The third kappa shape index (κ3) is 2.50. The highest BCUT2D eigenvalue weighted by Crippen LogP contribution is 2.32. The van der Waals surface area contributed by atoms with Crippen LogP contribution in [0.2, 0.25) is 0 Å². The van der Waals surface area contributed by atoms with Gasteiger partial charge in [-0.15, -0.1) is 0 Å². The summed E-state index contributed by atoms with van der Waals surface area (Å²) in [7, 11) is 0. The van der Waals surface area contributed by atoms with Gasteiger partial charge in [0.2, 0.25) is 0 Å². The van der Waals surface area contributed by atoms with Crippen molar-refractivity contribution in [2.24, 2.45) is 5.92 Å². The molecule has 0 bridgehead atoms. The second kappa shape index (κ2) is 5.80. The Balaban J connectivity index is 1.98. The van der Waals surface area contributed by atoms with Crippen LogP contribution in [0.3, 0.4) is 0 Å². The Morgan fingerprint density at radius 3 is 3.00 bits per heavy atom. The summed E-state index contributed by atoms with van der Waals surface area (Å²) in [4.78, 5) is 6.97. The number of rotatable bonds is 4. The van der Waals surface area contributed by atoms with Gasteiger partial charge >= 0.3 is 0 Å². The summed E-state index contributed by atoms with van der Waals surface area (Å²) in [5.41, 5.74) is 2.98. The normalized spacial score (nSPS) is 18.9. The van der Waals surface area contributed by atoms with E-state index in [2.05, 4.69) is 35.0 Å². The molecule has 2 heterocycles. The predicted octanol–water partition coefficient (Wildman–Crippen LogP) is 3.35. The number of pyridine rings is 1. The van der Waals surface area contributed by atoms with Crippen LogP contribution in [0, 0.1) is 5.92 Å². The zero-order chi connectivity index (χ0) is 13.9. The lowest BCUT2D eigenvalue weighted by molar-refractivity contribution is 0.277. The third-order valence-corrected chi connectivity index (χ3v) is 4.23. The Morgan fingerprint density at radius 1 is 1.35 bits per heavy atom. The fourth-order valence-corrected chi connectivity index (χ4v) is 3.25. The standard InChI is InChI=1S/C17H22N2O/c1-2-5-13-8-9-19(11-13)17-10-14(12-20)18-16-7-4-3-6-15(16)17/h3-4,6-7,10,13,20H,2,5,8-9,11-12H2,1H3. The molecule has 0 amide bonds. The fraction of sp³-hybridized carbons (Fsp3) is 0.471. The molecule has 1 aromatic carbocycles. The van der Waals surface area contributed by atoms with Crippen molar-refractivity contribution in [1.29, 1.82) is 0 Å².